The standard InChI is InChI=1S/C9H10N2S2/c10-8(9-3-4-11-13-9)6-7-2-1-5-12-7/h1-5,8H,6,10H2. The third kappa shape index (κ3) is 2.15. The van der Waals surface area contributed by atoms with Gasteiger partial charge in [0.15, 0.2) is 0 Å². The Kier molecular flexibility index (Phi) is 2.73. The number of thiophene rings is 1. The molecule has 1 unspecified atom stereocenters. The minimum atomic E-state index is 0.103. The highest BCUT2D eigenvalue weighted by molar-refractivity contribution is 7.10. The van der Waals surface area contributed by atoms with Crippen molar-refractivity contribution in [1.82, 2.24) is 4.37 Å². The van der Waals surface area contributed by atoms with Crippen LogP contribution in [0.2, 0.25) is 0 Å². The zero-order valence-corrected chi connectivity index (χ0v) is 8.65. The van der Waals surface area contributed by atoms with Crippen molar-refractivity contribution >= 4 is 22.9 Å². The second-order valence-corrected chi connectivity index (χ2v) is 4.70. The maximum Gasteiger partial charge on any atom is 0.0454 e. The van der Waals surface area contributed by atoms with Crippen LogP contribution in [-0.4, -0.2) is 4.37 Å². The first-order valence-electron chi connectivity index (χ1n) is 4.05. The Labute approximate surface area is 85.2 Å². The van der Waals surface area contributed by atoms with Crippen LogP contribution >= 0.6 is 22.9 Å². The molecule has 68 valence electrons. The van der Waals surface area contributed by atoms with E-state index in [-0.39, 0.29) is 6.04 Å². The molecule has 0 saturated carbocycles. The summed E-state index contributed by atoms with van der Waals surface area (Å²) in [6.07, 6.45) is 2.72. The monoisotopic (exact) mass is 210 g/mol. The average Bonchev–Trinajstić information content (AvgIpc) is 2.74. The van der Waals surface area contributed by atoms with Gasteiger partial charge in [-0.3, -0.25) is 0 Å². The number of aromatic nitrogens is 1. The van der Waals surface area contributed by atoms with E-state index in [0.717, 1.165) is 11.3 Å². The van der Waals surface area contributed by atoms with Crippen LogP contribution in [0.4, 0.5) is 0 Å². The van der Waals surface area contributed by atoms with Crippen molar-refractivity contribution in [3.8, 4) is 0 Å². The fourth-order valence-electron chi connectivity index (χ4n) is 1.16. The minimum absolute atomic E-state index is 0.103. The zero-order chi connectivity index (χ0) is 9.10. The van der Waals surface area contributed by atoms with Gasteiger partial charge >= 0.3 is 0 Å². The summed E-state index contributed by atoms with van der Waals surface area (Å²) in [4.78, 5) is 2.49. The molecule has 0 aromatic carbocycles. The number of hydrogen-bond acceptors (Lipinski definition) is 4. The van der Waals surface area contributed by atoms with Crippen LogP contribution in [0.3, 0.4) is 0 Å². The van der Waals surface area contributed by atoms with Crippen molar-refractivity contribution in [2.45, 2.75) is 12.5 Å². The summed E-state index contributed by atoms with van der Waals surface area (Å²) in [7, 11) is 0. The lowest BCUT2D eigenvalue weighted by molar-refractivity contribution is 0.745. The molecule has 13 heavy (non-hydrogen) atoms. The highest BCUT2D eigenvalue weighted by Crippen LogP contribution is 2.21. The Morgan fingerprint density at radius 1 is 1.46 bits per heavy atom. The third-order valence-corrected chi connectivity index (χ3v) is 3.60. The molecule has 0 aliphatic carbocycles. The number of nitrogens with zero attached hydrogens (tertiary/aromatic N) is 1. The summed E-state index contributed by atoms with van der Waals surface area (Å²) in [5.74, 6) is 0. The molecular formula is C9H10N2S2. The summed E-state index contributed by atoms with van der Waals surface area (Å²) >= 11 is 3.24. The first-order valence-corrected chi connectivity index (χ1v) is 5.70. The summed E-state index contributed by atoms with van der Waals surface area (Å²) < 4.78 is 4.04. The lowest BCUT2D eigenvalue weighted by atomic mass is 10.1. The van der Waals surface area contributed by atoms with Gasteiger partial charge in [0.1, 0.15) is 0 Å². The Balaban J connectivity index is 2.04. The van der Waals surface area contributed by atoms with E-state index in [9.17, 15) is 0 Å². The summed E-state index contributed by atoms with van der Waals surface area (Å²) in [5, 5.41) is 2.08. The molecule has 0 fully saturated rings. The van der Waals surface area contributed by atoms with Gasteiger partial charge in [-0.2, -0.15) is 0 Å². The summed E-state index contributed by atoms with van der Waals surface area (Å²) in [6, 6.07) is 6.26. The SMILES string of the molecule is NC(Cc1cccs1)c1ccns1. The van der Waals surface area contributed by atoms with E-state index < -0.39 is 0 Å². The van der Waals surface area contributed by atoms with Crippen LogP contribution < -0.4 is 5.73 Å². The lowest BCUT2D eigenvalue weighted by Crippen LogP contribution is -2.10. The van der Waals surface area contributed by atoms with Gasteiger partial charge in [0.05, 0.1) is 0 Å². The lowest BCUT2D eigenvalue weighted by Gasteiger charge is -2.05. The van der Waals surface area contributed by atoms with Gasteiger partial charge in [0, 0.05) is 28.4 Å². The average molecular weight is 210 g/mol. The van der Waals surface area contributed by atoms with Crippen LogP contribution in [0.15, 0.2) is 29.8 Å². The molecule has 4 heteroatoms. The molecule has 0 radical (unpaired) electrons. The van der Waals surface area contributed by atoms with Crippen LogP contribution in [0.5, 0.6) is 0 Å². The first kappa shape index (κ1) is 8.87. The number of nitrogens with two attached hydrogens (primary N) is 1. The van der Waals surface area contributed by atoms with Gasteiger partial charge in [-0.25, -0.2) is 4.37 Å². The molecule has 2 N–H and O–H groups in total. The molecule has 0 aliphatic heterocycles. The Morgan fingerprint density at radius 2 is 2.38 bits per heavy atom. The maximum atomic E-state index is 6.01. The van der Waals surface area contributed by atoms with Gasteiger partial charge in [-0.1, -0.05) is 6.07 Å². The van der Waals surface area contributed by atoms with Gasteiger partial charge < -0.3 is 5.73 Å². The smallest absolute Gasteiger partial charge is 0.0454 e. The zero-order valence-electron chi connectivity index (χ0n) is 7.01. The second-order valence-electron chi connectivity index (χ2n) is 2.80. The number of hydrogen-bond donors (Lipinski definition) is 1. The van der Waals surface area contributed by atoms with Crippen molar-refractivity contribution in [3.05, 3.63) is 39.5 Å². The van der Waals surface area contributed by atoms with E-state index in [1.807, 2.05) is 6.07 Å². The molecule has 1 atom stereocenters. The Morgan fingerprint density at radius 3 is 3.00 bits per heavy atom. The van der Waals surface area contributed by atoms with E-state index >= 15 is 0 Å². The Bertz CT molecular complexity index is 340. The second kappa shape index (κ2) is 4.00. The van der Waals surface area contributed by atoms with Crippen LogP contribution in [0.1, 0.15) is 15.8 Å². The van der Waals surface area contributed by atoms with Gasteiger partial charge in [-0.15, -0.1) is 11.3 Å². The summed E-state index contributed by atoms with van der Waals surface area (Å²) in [5.41, 5.74) is 6.01. The van der Waals surface area contributed by atoms with Crippen molar-refractivity contribution in [3.63, 3.8) is 0 Å². The molecule has 2 heterocycles. The molecule has 0 bridgehead atoms. The Hall–Kier alpha value is -0.710. The van der Waals surface area contributed by atoms with Crippen LogP contribution in [0.25, 0.3) is 0 Å². The van der Waals surface area contributed by atoms with E-state index in [1.54, 1.807) is 17.5 Å². The van der Waals surface area contributed by atoms with Crippen molar-refractivity contribution in [1.29, 1.82) is 0 Å². The molecule has 0 spiro atoms. The highest BCUT2D eigenvalue weighted by atomic mass is 32.1. The van der Waals surface area contributed by atoms with E-state index in [0.29, 0.717) is 0 Å². The fourth-order valence-corrected chi connectivity index (χ4v) is 2.51. The van der Waals surface area contributed by atoms with Gasteiger partial charge in [-0.05, 0) is 29.0 Å². The molecular weight excluding hydrogens is 200 g/mol. The van der Waals surface area contributed by atoms with Crippen LogP contribution in [-0.2, 0) is 6.42 Å². The molecule has 2 aromatic heterocycles. The maximum absolute atomic E-state index is 6.01. The van der Waals surface area contributed by atoms with Crippen molar-refractivity contribution in [2.24, 2.45) is 5.73 Å². The van der Waals surface area contributed by atoms with Crippen molar-refractivity contribution < 1.29 is 0 Å². The molecule has 2 rings (SSSR count). The number of rotatable bonds is 3. The molecule has 0 saturated heterocycles. The van der Waals surface area contributed by atoms with Gasteiger partial charge in [0.25, 0.3) is 0 Å². The fraction of sp³-hybridized carbons (Fsp3) is 0.222. The van der Waals surface area contributed by atoms with E-state index in [2.05, 4.69) is 21.9 Å². The van der Waals surface area contributed by atoms with Crippen molar-refractivity contribution in [2.75, 3.05) is 0 Å². The van der Waals surface area contributed by atoms with Gasteiger partial charge in [0.2, 0.25) is 0 Å². The highest BCUT2D eigenvalue weighted by Gasteiger charge is 2.08. The van der Waals surface area contributed by atoms with E-state index in [4.69, 9.17) is 5.73 Å². The molecule has 0 aliphatic rings. The molecule has 2 aromatic rings. The van der Waals surface area contributed by atoms with E-state index in [1.165, 1.54) is 16.4 Å². The molecule has 2 nitrogen and oxygen atoms in total. The molecule has 0 amide bonds. The van der Waals surface area contributed by atoms with Crippen LogP contribution in [0, 0.1) is 0 Å². The third-order valence-electron chi connectivity index (χ3n) is 1.82. The predicted octanol–water partition coefficient (Wildman–Crippen LogP) is 2.45. The normalized spacial score (nSPS) is 13.0. The largest absolute Gasteiger partial charge is 0.323 e. The summed E-state index contributed by atoms with van der Waals surface area (Å²) in [6.45, 7) is 0. The first-order chi connectivity index (χ1) is 6.36. The minimum Gasteiger partial charge on any atom is -0.323 e. The topological polar surface area (TPSA) is 38.9 Å². The predicted molar refractivity (Wildman–Crippen MR) is 57.1 cm³/mol. The quantitative estimate of drug-likeness (QED) is 0.845.